The van der Waals surface area contributed by atoms with E-state index in [0.717, 1.165) is 18.5 Å². The first-order valence-electron chi connectivity index (χ1n) is 10.6. The van der Waals surface area contributed by atoms with Crippen LogP contribution in [0.25, 0.3) is 0 Å². The van der Waals surface area contributed by atoms with Crippen molar-refractivity contribution < 1.29 is 14.3 Å². The number of carbonyl (C=O) groups is 2. The van der Waals surface area contributed by atoms with E-state index in [1.165, 1.54) is 0 Å². The highest BCUT2D eigenvalue weighted by atomic mass is 35.5. The Hall–Kier alpha value is -3.38. The van der Waals surface area contributed by atoms with E-state index in [1.807, 2.05) is 36.4 Å². The molecule has 0 radical (unpaired) electrons. The number of carbonyl (C=O) groups excluding carboxylic acids is 2. The van der Waals surface area contributed by atoms with Gasteiger partial charge in [-0.15, -0.1) is 0 Å². The quantitative estimate of drug-likeness (QED) is 0.586. The summed E-state index contributed by atoms with van der Waals surface area (Å²) >= 11 is 5.92. The van der Waals surface area contributed by atoms with Crippen LogP contribution in [0.4, 0.5) is 5.69 Å². The van der Waals surface area contributed by atoms with Gasteiger partial charge in [-0.1, -0.05) is 23.7 Å². The summed E-state index contributed by atoms with van der Waals surface area (Å²) in [4.78, 5) is 31.7. The Morgan fingerprint density at radius 2 is 1.94 bits per heavy atom. The number of ether oxygens (including phenoxy) is 1. The van der Waals surface area contributed by atoms with Crippen molar-refractivity contribution in [1.82, 2.24) is 9.88 Å². The van der Waals surface area contributed by atoms with Crippen molar-refractivity contribution in [3.8, 4) is 5.75 Å². The molecule has 0 saturated carbocycles. The zero-order valence-corrected chi connectivity index (χ0v) is 18.3. The molecule has 1 N–H and O–H groups in total. The molecule has 164 valence electrons. The largest absolute Gasteiger partial charge is 0.487 e. The summed E-state index contributed by atoms with van der Waals surface area (Å²) in [5.74, 6) is 0.208. The lowest BCUT2D eigenvalue weighted by Gasteiger charge is -2.32. The summed E-state index contributed by atoms with van der Waals surface area (Å²) < 4.78 is 5.79. The number of anilines is 1. The van der Waals surface area contributed by atoms with Crippen molar-refractivity contribution in [3.63, 3.8) is 0 Å². The number of hydrogen-bond acceptors (Lipinski definition) is 4. The Bertz CT molecular complexity index is 1070. The van der Waals surface area contributed by atoms with Crippen LogP contribution in [0.1, 0.15) is 28.9 Å². The van der Waals surface area contributed by atoms with Gasteiger partial charge in [-0.2, -0.15) is 0 Å². The number of nitrogens with one attached hydrogen (secondary N) is 1. The first-order valence-corrected chi connectivity index (χ1v) is 10.9. The molecule has 1 aliphatic rings. The maximum Gasteiger partial charge on any atom is 0.253 e. The maximum absolute atomic E-state index is 12.9. The summed E-state index contributed by atoms with van der Waals surface area (Å²) in [6.45, 7) is 1.38. The SMILES string of the molecule is O=C(Nc1cccc(OCc2ccccn2)c1)C1CCCN(C(=O)c2ccc(Cl)cc2)C1. The Morgan fingerprint density at radius 1 is 1.09 bits per heavy atom. The van der Waals surface area contributed by atoms with Crippen LogP contribution in [0.2, 0.25) is 5.02 Å². The van der Waals surface area contributed by atoms with Crippen LogP contribution in [0.3, 0.4) is 0 Å². The molecule has 1 unspecified atom stereocenters. The fourth-order valence-corrected chi connectivity index (χ4v) is 3.83. The Balaban J connectivity index is 1.35. The zero-order valence-electron chi connectivity index (χ0n) is 17.5. The third-order valence-electron chi connectivity index (χ3n) is 5.39. The Morgan fingerprint density at radius 3 is 2.72 bits per heavy atom. The topological polar surface area (TPSA) is 71.5 Å². The van der Waals surface area contributed by atoms with Crippen molar-refractivity contribution in [2.75, 3.05) is 18.4 Å². The number of halogens is 1. The molecule has 4 rings (SSSR count). The van der Waals surface area contributed by atoms with Crippen LogP contribution in [-0.4, -0.2) is 34.8 Å². The molecule has 32 heavy (non-hydrogen) atoms. The number of aromatic nitrogens is 1. The monoisotopic (exact) mass is 449 g/mol. The van der Waals surface area contributed by atoms with Gasteiger partial charge in [0.05, 0.1) is 11.6 Å². The van der Waals surface area contributed by atoms with E-state index in [-0.39, 0.29) is 17.7 Å². The van der Waals surface area contributed by atoms with Gasteiger partial charge in [-0.3, -0.25) is 14.6 Å². The Labute approximate surface area is 192 Å². The maximum atomic E-state index is 12.9. The van der Waals surface area contributed by atoms with Gasteiger partial charge in [-0.05, 0) is 61.4 Å². The van der Waals surface area contributed by atoms with E-state index < -0.39 is 0 Å². The Kier molecular flexibility index (Phi) is 7.02. The van der Waals surface area contributed by atoms with Gasteiger partial charge in [-0.25, -0.2) is 0 Å². The average Bonchev–Trinajstić information content (AvgIpc) is 2.84. The molecular weight excluding hydrogens is 426 g/mol. The summed E-state index contributed by atoms with van der Waals surface area (Å²) in [5, 5.41) is 3.55. The third-order valence-corrected chi connectivity index (χ3v) is 5.64. The van der Waals surface area contributed by atoms with Crippen LogP contribution < -0.4 is 10.1 Å². The highest BCUT2D eigenvalue weighted by molar-refractivity contribution is 6.30. The molecule has 0 spiro atoms. The molecule has 2 heterocycles. The molecule has 3 aromatic rings. The fourth-order valence-electron chi connectivity index (χ4n) is 3.70. The van der Waals surface area contributed by atoms with Crippen LogP contribution in [0.5, 0.6) is 5.75 Å². The van der Waals surface area contributed by atoms with Crippen molar-refractivity contribution in [2.24, 2.45) is 5.92 Å². The van der Waals surface area contributed by atoms with Gasteiger partial charge in [0, 0.05) is 41.6 Å². The number of rotatable bonds is 6. The van der Waals surface area contributed by atoms with Gasteiger partial charge in [0.25, 0.3) is 5.91 Å². The predicted octanol–water partition coefficient (Wildman–Crippen LogP) is 4.80. The summed E-state index contributed by atoms with van der Waals surface area (Å²) in [5.41, 5.74) is 2.07. The molecule has 6 nitrogen and oxygen atoms in total. The van der Waals surface area contributed by atoms with Crippen molar-refractivity contribution >= 4 is 29.1 Å². The lowest BCUT2D eigenvalue weighted by Crippen LogP contribution is -2.43. The second-order valence-electron chi connectivity index (χ2n) is 7.72. The highest BCUT2D eigenvalue weighted by Crippen LogP contribution is 2.23. The van der Waals surface area contributed by atoms with E-state index in [2.05, 4.69) is 10.3 Å². The molecule has 1 aromatic heterocycles. The van der Waals surface area contributed by atoms with Crippen molar-refractivity contribution in [1.29, 1.82) is 0 Å². The molecule has 2 amide bonds. The number of amides is 2. The van der Waals surface area contributed by atoms with E-state index in [9.17, 15) is 9.59 Å². The van der Waals surface area contributed by atoms with Gasteiger partial charge in [0.2, 0.25) is 5.91 Å². The van der Waals surface area contributed by atoms with Crippen molar-refractivity contribution in [2.45, 2.75) is 19.4 Å². The van der Waals surface area contributed by atoms with Gasteiger partial charge < -0.3 is 15.0 Å². The van der Waals surface area contributed by atoms with Crippen LogP contribution in [0.15, 0.2) is 72.9 Å². The van der Waals surface area contributed by atoms with E-state index >= 15 is 0 Å². The fraction of sp³-hybridized carbons (Fsp3) is 0.240. The molecule has 1 atom stereocenters. The minimum Gasteiger partial charge on any atom is -0.487 e. The van der Waals surface area contributed by atoms with Crippen LogP contribution in [0, 0.1) is 5.92 Å². The smallest absolute Gasteiger partial charge is 0.253 e. The summed E-state index contributed by atoms with van der Waals surface area (Å²) in [6.07, 6.45) is 3.25. The second kappa shape index (κ2) is 10.3. The lowest BCUT2D eigenvalue weighted by molar-refractivity contribution is -0.121. The second-order valence-corrected chi connectivity index (χ2v) is 8.16. The molecule has 2 aromatic carbocycles. The zero-order chi connectivity index (χ0) is 22.3. The summed E-state index contributed by atoms with van der Waals surface area (Å²) in [7, 11) is 0. The minimum atomic E-state index is -0.266. The highest BCUT2D eigenvalue weighted by Gasteiger charge is 2.29. The number of piperidine rings is 1. The number of benzene rings is 2. The van der Waals surface area contributed by atoms with Crippen LogP contribution in [-0.2, 0) is 11.4 Å². The number of nitrogens with zero attached hydrogens (tertiary/aromatic N) is 2. The average molecular weight is 450 g/mol. The standard InChI is InChI=1S/C25H24ClN3O3/c26-20-11-9-18(10-12-20)25(31)29-14-4-5-19(16-29)24(30)28-21-7-3-8-23(15-21)32-17-22-6-1-2-13-27-22/h1-3,6-13,15,19H,4-5,14,16-17H2,(H,28,30). The lowest BCUT2D eigenvalue weighted by atomic mass is 9.96. The molecule has 0 bridgehead atoms. The molecule has 1 saturated heterocycles. The normalized spacial score (nSPS) is 15.8. The predicted molar refractivity (Wildman–Crippen MR) is 124 cm³/mol. The molecule has 1 fully saturated rings. The van der Waals surface area contributed by atoms with Gasteiger partial charge in [0.15, 0.2) is 0 Å². The van der Waals surface area contributed by atoms with Gasteiger partial charge in [0.1, 0.15) is 12.4 Å². The van der Waals surface area contributed by atoms with Gasteiger partial charge >= 0.3 is 0 Å². The third kappa shape index (κ3) is 5.65. The van der Waals surface area contributed by atoms with Crippen molar-refractivity contribution in [3.05, 3.63) is 89.2 Å². The van der Waals surface area contributed by atoms with E-state index in [4.69, 9.17) is 16.3 Å². The molecule has 7 heteroatoms. The van der Waals surface area contributed by atoms with E-state index in [1.54, 1.807) is 41.4 Å². The molecule has 0 aliphatic carbocycles. The summed E-state index contributed by atoms with van der Waals surface area (Å²) in [6, 6.07) is 19.8. The number of likely N-dealkylation sites (tertiary alicyclic amines) is 1. The first kappa shape index (κ1) is 21.8. The first-order chi connectivity index (χ1) is 15.6. The van der Waals surface area contributed by atoms with Crippen LogP contribution >= 0.6 is 11.6 Å². The number of hydrogen-bond donors (Lipinski definition) is 1. The van der Waals surface area contributed by atoms with E-state index in [0.29, 0.717) is 41.7 Å². The molecular formula is C25H24ClN3O3. The number of pyridine rings is 1. The minimum absolute atomic E-state index is 0.0796. The molecule has 1 aliphatic heterocycles.